The Labute approximate surface area is 192 Å². The highest BCUT2D eigenvalue weighted by Crippen LogP contribution is 2.29. The summed E-state index contributed by atoms with van der Waals surface area (Å²) in [6.07, 6.45) is 1.45. The van der Waals surface area contributed by atoms with Crippen molar-refractivity contribution in [1.82, 2.24) is 0 Å². The van der Waals surface area contributed by atoms with E-state index in [0.717, 1.165) is 12.1 Å². The van der Waals surface area contributed by atoms with Gasteiger partial charge in [0, 0.05) is 35.6 Å². The topological polar surface area (TPSA) is 86.8 Å². The van der Waals surface area contributed by atoms with Gasteiger partial charge in [-0.1, -0.05) is 18.2 Å². The number of rotatable bonds is 4. The minimum atomic E-state index is -3.25. The summed E-state index contributed by atoms with van der Waals surface area (Å²) in [7, 11) is -3.25. The Hall–Kier alpha value is -3.65. The van der Waals surface area contributed by atoms with E-state index in [1.54, 1.807) is 53.4 Å². The molecule has 0 saturated carbocycles. The van der Waals surface area contributed by atoms with E-state index in [1.165, 1.54) is 9.87 Å². The third kappa shape index (κ3) is 4.09. The number of nitrogens with one attached hydrogen (secondary N) is 1. The molecule has 33 heavy (non-hydrogen) atoms. The summed E-state index contributed by atoms with van der Waals surface area (Å²) in [6.45, 7) is 1.12. The molecule has 0 unspecified atom stereocenters. The molecule has 2 aliphatic rings. The minimum Gasteiger partial charge on any atom is -0.322 e. The van der Waals surface area contributed by atoms with Crippen LogP contribution in [-0.4, -0.2) is 39.1 Å². The Morgan fingerprint density at radius 3 is 2.21 bits per heavy atom. The summed E-state index contributed by atoms with van der Waals surface area (Å²) >= 11 is 0. The smallest absolute Gasteiger partial charge is 0.258 e. The number of hydrogen-bond acceptors (Lipinski definition) is 4. The first-order chi connectivity index (χ1) is 15.9. The lowest BCUT2D eigenvalue weighted by molar-refractivity contribution is 0.0988. The van der Waals surface area contributed by atoms with Crippen molar-refractivity contribution in [3.63, 3.8) is 0 Å². The number of benzene rings is 3. The summed E-state index contributed by atoms with van der Waals surface area (Å²) < 4.78 is 25.5. The molecular weight excluding hydrogens is 438 g/mol. The third-order valence-corrected chi connectivity index (χ3v) is 7.91. The maximum absolute atomic E-state index is 12.9. The Kier molecular flexibility index (Phi) is 5.38. The molecule has 5 rings (SSSR count). The molecule has 3 aromatic rings. The maximum atomic E-state index is 12.9. The monoisotopic (exact) mass is 461 g/mol. The molecule has 0 aromatic heterocycles. The van der Waals surface area contributed by atoms with Crippen LogP contribution in [0.3, 0.4) is 0 Å². The number of anilines is 3. The highest BCUT2D eigenvalue weighted by Gasteiger charge is 2.28. The highest BCUT2D eigenvalue weighted by molar-refractivity contribution is 7.93. The molecule has 0 spiro atoms. The molecule has 3 aromatic carbocycles. The summed E-state index contributed by atoms with van der Waals surface area (Å²) in [4.78, 5) is 27.3. The molecule has 0 bridgehead atoms. The number of carbonyl (C=O) groups is 2. The average molecular weight is 462 g/mol. The van der Waals surface area contributed by atoms with Gasteiger partial charge in [0.25, 0.3) is 11.8 Å². The van der Waals surface area contributed by atoms with Gasteiger partial charge >= 0.3 is 0 Å². The Morgan fingerprint density at radius 1 is 0.818 bits per heavy atom. The number of nitrogens with zero attached hydrogens (tertiary/aromatic N) is 2. The van der Waals surface area contributed by atoms with Crippen molar-refractivity contribution >= 4 is 38.9 Å². The van der Waals surface area contributed by atoms with Gasteiger partial charge in [-0.05, 0) is 73.0 Å². The van der Waals surface area contributed by atoms with E-state index < -0.39 is 10.0 Å². The molecule has 1 fully saturated rings. The van der Waals surface area contributed by atoms with Gasteiger partial charge < -0.3 is 10.2 Å². The molecule has 0 atom stereocenters. The van der Waals surface area contributed by atoms with E-state index in [-0.39, 0.29) is 17.6 Å². The molecule has 0 radical (unpaired) electrons. The van der Waals surface area contributed by atoms with Crippen molar-refractivity contribution < 1.29 is 18.0 Å². The first kappa shape index (κ1) is 21.2. The molecule has 8 heteroatoms. The van der Waals surface area contributed by atoms with Crippen LogP contribution < -0.4 is 14.5 Å². The zero-order chi connectivity index (χ0) is 23.0. The van der Waals surface area contributed by atoms with Crippen LogP contribution in [0.1, 0.15) is 32.7 Å². The van der Waals surface area contributed by atoms with Crippen LogP contribution in [0.5, 0.6) is 0 Å². The predicted molar refractivity (Wildman–Crippen MR) is 128 cm³/mol. The summed E-state index contributed by atoms with van der Waals surface area (Å²) in [5.74, 6) is -0.221. The lowest BCUT2D eigenvalue weighted by Crippen LogP contribution is -2.28. The molecular formula is C25H23N3O4S. The Bertz CT molecular complexity index is 1320. The fraction of sp³-hybridized carbons (Fsp3) is 0.200. The van der Waals surface area contributed by atoms with Gasteiger partial charge in [0.2, 0.25) is 10.0 Å². The Balaban J connectivity index is 1.25. The quantitative estimate of drug-likeness (QED) is 0.642. The minimum absolute atomic E-state index is 0.0646. The second-order valence-electron chi connectivity index (χ2n) is 8.16. The van der Waals surface area contributed by atoms with Crippen molar-refractivity contribution in [3.8, 4) is 0 Å². The zero-order valence-corrected chi connectivity index (χ0v) is 18.7. The van der Waals surface area contributed by atoms with Crippen LogP contribution in [0.2, 0.25) is 0 Å². The fourth-order valence-corrected chi connectivity index (χ4v) is 5.88. The van der Waals surface area contributed by atoms with E-state index in [9.17, 15) is 18.0 Å². The van der Waals surface area contributed by atoms with Crippen LogP contribution in [0.4, 0.5) is 17.1 Å². The number of fused-ring (bicyclic) bond motifs is 1. The van der Waals surface area contributed by atoms with Gasteiger partial charge in [-0.25, -0.2) is 8.42 Å². The molecule has 2 aliphatic heterocycles. The van der Waals surface area contributed by atoms with E-state index >= 15 is 0 Å². The van der Waals surface area contributed by atoms with Gasteiger partial charge in [0.1, 0.15) is 0 Å². The number of para-hydroxylation sites is 1. The van der Waals surface area contributed by atoms with Crippen molar-refractivity contribution in [2.45, 2.75) is 12.8 Å². The van der Waals surface area contributed by atoms with E-state index in [4.69, 9.17) is 0 Å². The summed E-state index contributed by atoms with van der Waals surface area (Å²) in [5.41, 5.74) is 4.23. The van der Waals surface area contributed by atoms with Gasteiger partial charge in [-0.3, -0.25) is 13.9 Å². The summed E-state index contributed by atoms with van der Waals surface area (Å²) in [5, 5.41) is 2.82. The largest absolute Gasteiger partial charge is 0.322 e. The average Bonchev–Trinajstić information content (AvgIpc) is 3.42. The second kappa shape index (κ2) is 8.37. The van der Waals surface area contributed by atoms with Crippen LogP contribution in [0, 0.1) is 0 Å². The number of sulfonamides is 1. The number of carbonyl (C=O) groups excluding carboxylic acids is 2. The SMILES string of the molecule is O=C(Nc1ccc(C(=O)N2CCc3ccccc32)cc1)c1ccc(N2CCCS2(=O)=O)cc1. The molecule has 7 nitrogen and oxygen atoms in total. The standard InChI is InChI=1S/C25H23N3O4S/c29-24(19-8-12-22(13-9-19)28-15-3-17-33(28,31)32)26-21-10-6-20(7-11-21)25(30)27-16-14-18-4-1-2-5-23(18)27/h1-2,4-13H,3,14-17H2,(H,26,29). The van der Waals surface area contributed by atoms with Crippen molar-refractivity contribution in [2.75, 3.05) is 33.4 Å². The van der Waals surface area contributed by atoms with Crippen molar-refractivity contribution in [2.24, 2.45) is 0 Å². The predicted octanol–water partition coefficient (Wildman–Crippen LogP) is 3.68. The lowest BCUT2D eigenvalue weighted by atomic mass is 10.1. The molecule has 168 valence electrons. The fourth-order valence-electron chi connectivity index (χ4n) is 4.31. The summed E-state index contributed by atoms with van der Waals surface area (Å²) in [6, 6.07) is 21.3. The first-order valence-corrected chi connectivity index (χ1v) is 12.4. The number of amides is 2. The zero-order valence-electron chi connectivity index (χ0n) is 17.9. The van der Waals surface area contributed by atoms with Crippen LogP contribution in [-0.2, 0) is 16.4 Å². The molecule has 2 heterocycles. The molecule has 1 N–H and O–H groups in total. The van der Waals surface area contributed by atoms with E-state index in [2.05, 4.69) is 5.32 Å². The van der Waals surface area contributed by atoms with Crippen molar-refractivity contribution in [1.29, 1.82) is 0 Å². The Morgan fingerprint density at radius 2 is 1.52 bits per heavy atom. The van der Waals surface area contributed by atoms with Crippen LogP contribution in [0.15, 0.2) is 72.8 Å². The van der Waals surface area contributed by atoms with E-state index in [0.29, 0.717) is 42.0 Å². The highest BCUT2D eigenvalue weighted by atomic mass is 32.2. The maximum Gasteiger partial charge on any atom is 0.258 e. The van der Waals surface area contributed by atoms with Gasteiger partial charge in [-0.2, -0.15) is 0 Å². The second-order valence-corrected chi connectivity index (χ2v) is 10.2. The molecule has 0 aliphatic carbocycles. The first-order valence-electron chi connectivity index (χ1n) is 10.8. The molecule has 1 saturated heterocycles. The van der Waals surface area contributed by atoms with E-state index in [1.807, 2.05) is 24.3 Å². The van der Waals surface area contributed by atoms with Gasteiger partial charge in [0.15, 0.2) is 0 Å². The normalized spacial score (nSPS) is 16.5. The van der Waals surface area contributed by atoms with Crippen LogP contribution in [0.25, 0.3) is 0 Å². The molecule has 2 amide bonds. The van der Waals surface area contributed by atoms with Gasteiger partial charge in [-0.15, -0.1) is 0 Å². The lowest BCUT2D eigenvalue weighted by Gasteiger charge is -2.18. The van der Waals surface area contributed by atoms with Crippen molar-refractivity contribution in [3.05, 3.63) is 89.5 Å². The number of hydrogen-bond donors (Lipinski definition) is 1. The third-order valence-electron chi connectivity index (χ3n) is 6.04. The van der Waals surface area contributed by atoms with Gasteiger partial charge in [0.05, 0.1) is 11.4 Å². The van der Waals surface area contributed by atoms with Crippen LogP contribution >= 0.6 is 0 Å².